The molecule has 0 aliphatic carbocycles. The lowest BCUT2D eigenvalue weighted by Crippen LogP contribution is -2.41. The number of guanidine groups is 1. The van der Waals surface area contributed by atoms with Gasteiger partial charge in [-0.2, -0.15) is 13.8 Å². The van der Waals surface area contributed by atoms with Gasteiger partial charge in [0.1, 0.15) is 17.7 Å². The number of phenols is 1. The lowest BCUT2D eigenvalue weighted by molar-refractivity contribution is -0.144. The minimum absolute atomic E-state index is 0.0647. The summed E-state index contributed by atoms with van der Waals surface area (Å²) >= 11 is 0. The number of pyridine rings is 1. The second-order valence-corrected chi connectivity index (χ2v) is 9.44. The molecular formula is C28H31F2N7O6. The number of aromatic hydroxyl groups is 1. The Morgan fingerprint density at radius 2 is 1.79 bits per heavy atom. The number of carbonyl (C=O) groups excluding carboxylic acids is 1. The fourth-order valence-corrected chi connectivity index (χ4v) is 4.23. The van der Waals surface area contributed by atoms with Crippen molar-refractivity contribution in [3.8, 4) is 34.8 Å². The Hall–Kier alpha value is -5.18. The van der Waals surface area contributed by atoms with Crippen LogP contribution in [0.25, 0.3) is 0 Å². The first-order chi connectivity index (χ1) is 20.5. The van der Waals surface area contributed by atoms with Crippen molar-refractivity contribution in [2.75, 3.05) is 31.6 Å². The molecule has 13 nitrogen and oxygen atoms in total. The number of ether oxygens (including phenoxy) is 4. The summed E-state index contributed by atoms with van der Waals surface area (Å²) in [4.78, 5) is 17.5. The Balaban J connectivity index is 1.65. The molecule has 4 rings (SSSR count). The molecule has 0 saturated carbocycles. The van der Waals surface area contributed by atoms with Crippen molar-refractivity contribution in [1.29, 1.82) is 10.8 Å². The first-order valence-corrected chi connectivity index (χ1v) is 13.2. The van der Waals surface area contributed by atoms with Crippen LogP contribution in [0, 0.1) is 22.5 Å². The summed E-state index contributed by atoms with van der Waals surface area (Å²) in [5, 5.41) is 27.9. The molecule has 228 valence electrons. The SMILES string of the molecule is CCOC(=O)CN1CCC(Oc2c(F)c(Oc3cccc(NC(=N)N)c3)nc(Oc3cc(C(=N)N)ccc3O)c2F)CC1. The molecule has 1 aliphatic heterocycles. The summed E-state index contributed by atoms with van der Waals surface area (Å²) in [5.74, 6) is -6.53. The van der Waals surface area contributed by atoms with Gasteiger partial charge in [-0.3, -0.25) is 20.5 Å². The second kappa shape index (κ2) is 13.7. The molecule has 0 spiro atoms. The van der Waals surface area contributed by atoms with Crippen LogP contribution < -0.4 is 31.0 Å². The zero-order valence-corrected chi connectivity index (χ0v) is 23.2. The number of aromatic nitrogens is 1. The van der Waals surface area contributed by atoms with E-state index in [1.165, 1.54) is 30.3 Å². The number of rotatable bonds is 11. The summed E-state index contributed by atoms with van der Waals surface area (Å²) < 4.78 is 53.4. The summed E-state index contributed by atoms with van der Waals surface area (Å²) in [6.45, 7) is 2.92. The predicted octanol–water partition coefficient (Wildman–Crippen LogP) is 3.65. The molecule has 0 bridgehead atoms. The highest BCUT2D eigenvalue weighted by Crippen LogP contribution is 2.40. The average Bonchev–Trinajstić information content (AvgIpc) is 2.95. The number of halogens is 2. The van der Waals surface area contributed by atoms with Crippen LogP contribution in [0.3, 0.4) is 0 Å². The fourth-order valence-electron chi connectivity index (χ4n) is 4.23. The number of nitrogens with zero attached hydrogens (tertiary/aromatic N) is 2. The van der Waals surface area contributed by atoms with E-state index >= 15 is 8.78 Å². The van der Waals surface area contributed by atoms with E-state index in [9.17, 15) is 9.90 Å². The van der Waals surface area contributed by atoms with Crippen LogP contribution in [0.5, 0.6) is 34.8 Å². The van der Waals surface area contributed by atoms with Gasteiger partial charge in [0, 0.05) is 30.4 Å². The number of phenolic OH excluding ortho intramolecular Hbond substituents is 1. The van der Waals surface area contributed by atoms with Crippen molar-refractivity contribution in [3.05, 3.63) is 59.7 Å². The molecule has 0 radical (unpaired) electrons. The lowest BCUT2D eigenvalue weighted by atomic mass is 10.1. The van der Waals surface area contributed by atoms with Crippen molar-refractivity contribution in [3.63, 3.8) is 0 Å². The number of benzene rings is 2. The highest BCUT2D eigenvalue weighted by Gasteiger charge is 2.30. The first-order valence-electron chi connectivity index (χ1n) is 13.2. The summed E-state index contributed by atoms with van der Waals surface area (Å²) in [6.07, 6.45) is 0.0866. The van der Waals surface area contributed by atoms with Gasteiger partial charge in [0.05, 0.1) is 13.2 Å². The van der Waals surface area contributed by atoms with Crippen LogP contribution in [-0.4, -0.2) is 65.1 Å². The number of hydrogen-bond acceptors (Lipinski definition) is 10. The number of nitrogens with one attached hydrogen (secondary N) is 3. The van der Waals surface area contributed by atoms with Gasteiger partial charge in [-0.25, -0.2) is 0 Å². The maximum Gasteiger partial charge on any atom is 0.320 e. The van der Waals surface area contributed by atoms with E-state index < -0.39 is 41.0 Å². The van der Waals surface area contributed by atoms with Crippen molar-refractivity contribution in [1.82, 2.24) is 9.88 Å². The van der Waals surface area contributed by atoms with Crippen LogP contribution in [0.15, 0.2) is 42.5 Å². The van der Waals surface area contributed by atoms with Gasteiger partial charge >= 0.3 is 5.97 Å². The Morgan fingerprint density at radius 1 is 1.09 bits per heavy atom. The van der Waals surface area contributed by atoms with Gasteiger partial charge in [-0.15, -0.1) is 0 Å². The van der Waals surface area contributed by atoms with Crippen LogP contribution in [-0.2, 0) is 9.53 Å². The fraction of sp³-hybridized carbons (Fsp3) is 0.286. The molecule has 1 aliphatic rings. The largest absolute Gasteiger partial charge is 0.504 e. The van der Waals surface area contributed by atoms with Gasteiger partial charge in [0.2, 0.25) is 17.4 Å². The summed E-state index contributed by atoms with van der Waals surface area (Å²) in [5.41, 5.74) is 11.4. The van der Waals surface area contributed by atoms with Gasteiger partial charge in [-0.05, 0) is 50.1 Å². The highest BCUT2D eigenvalue weighted by molar-refractivity contribution is 5.95. The molecule has 0 amide bonds. The number of piperidine rings is 1. The molecule has 3 aromatic rings. The molecule has 1 aromatic heterocycles. The number of carbonyl (C=O) groups is 1. The number of likely N-dealkylation sites (tertiary alicyclic amines) is 1. The van der Waals surface area contributed by atoms with Crippen LogP contribution in [0.1, 0.15) is 25.3 Å². The number of hydrogen-bond donors (Lipinski definition) is 6. The topological polar surface area (TPSA) is 202 Å². The highest BCUT2D eigenvalue weighted by atomic mass is 19.1. The van der Waals surface area contributed by atoms with Crippen LogP contribution >= 0.6 is 0 Å². The lowest BCUT2D eigenvalue weighted by Gasteiger charge is -2.31. The molecule has 8 N–H and O–H groups in total. The zero-order valence-electron chi connectivity index (χ0n) is 23.2. The van der Waals surface area contributed by atoms with E-state index in [0.29, 0.717) is 31.6 Å². The summed E-state index contributed by atoms with van der Waals surface area (Å²) in [7, 11) is 0. The van der Waals surface area contributed by atoms with Gasteiger partial charge < -0.3 is 40.8 Å². The van der Waals surface area contributed by atoms with Gasteiger partial charge in [0.15, 0.2) is 17.5 Å². The first kappa shape index (κ1) is 30.8. The molecule has 2 aromatic carbocycles. The Morgan fingerprint density at radius 3 is 2.44 bits per heavy atom. The number of anilines is 1. The van der Waals surface area contributed by atoms with E-state index in [1.807, 2.05) is 4.90 Å². The second-order valence-electron chi connectivity index (χ2n) is 9.44. The maximum atomic E-state index is 15.7. The maximum absolute atomic E-state index is 15.7. The monoisotopic (exact) mass is 599 g/mol. The van der Waals surface area contributed by atoms with E-state index in [2.05, 4.69) is 10.3 Å². The number of esters is 1. The Labute approximate surface area is 245 Å². The molecule has 1 fully saturated rings. The predicted molar refractivity (Wildman–Crippen MR) is 152 cm³/mol. The third-order valence-electron chi connectivity index (χ3n) is 6.26. The average molecular weight is 600 g/mol. The number of nitrogens with two attached hydrogens (primary N) is 2. The van der Waals surface area contributed by atoms with Gasteiger partial charge in [-0.1, -0.05) is 6.07 Å². The molecule has 0 atom stereocenters. The molecule has 1 saturated heterocycles. The van der Waals surface area contributed by atoms with E-state index in [4.69, 9.17) is 41.2 Å². The molecular weight excluding hydrogens is 568 g/mol. The van der Waals surface area contributed by atoms with Crippen molar-refractivity contribution >= 4 is 23.5 Å². The minimum atomic E-state index is -1.29. The van der Waals surface area contributed by atoms with Crippen LogP contribution in [0.4, 0.5) is 14.5 Å². The third kappa shape index (κ3) is 7.97. The molecule has 2 heterocycles. The van der Waals surface area contributed by atoms with Gasteiger partial charge in [0.25, 0.3) is 11.8 Å². The van der Waals surface area contributed by atoms with E-state index in [0.717, 1.165) is 0 Å². The van der Waals surface area contributed by atoms with E-state index in [1.54, 1.807) is 19.1 Å². The van der Waals surface area contributed by atoms with Crippen molar-refractivity contribution < 1.29 is 37.6 Å². The van der Waals surface area contributed by atoms with Crippen molar-refractivity contribution in [2.24, 2.45) is 11.5 Å². The standard InChI is InChI=1S/C28H31F2N7O6/c1-2-40-21(39)14-37-10-8-17(9-11-37)41-24-22(29)26(42-18-5-3-4-16(13-18)35-28(33)34)36-27(23(24)30)43-20-12-15(25(31)32)6-7-19(20)38/h3-7,12-13,17,38H,2,8-11,14H2,1H3,(H3,31,32)(H4,33,34,35). The van der Waals surface area contributed by atoms with E-state index in [-0.39, 0.29) is 48.0 Å². The Bertz CT molecular complexity index is 1520. The normalized spacial score (nSPS) is 13.7. The molecule has 0 unspecified atom stereocenters. The smallest absolute Gasteiger partial charge is 0.320 e. The van der Waals surface area contributed by atoms with Crippen LogP contribution in [0.2, 0.25) is 0 Å². The quantitative estimate of drug-likeness (QED) is 0.107. The zero-order chi connectivity index (χ0) is 31.1. The minimum Gasteiger partial charge on any atom is -0.504 e. The molecule has 15 heteroatoms. The Kier molecular flexibility index (Phi) is 9.77. The summed E-state index contributed by atoms with van der Waals surface area (Å²) in [6, 6.07) is 9.77. The third-order valence-corrected chi connectivity index (χ3v) is 6.26. The van der Waals surface area contributed by atoms with Crippen molar-refractivity contribution in [2.45, 2.75) is 25.9 Å². The number of amidine groups is 1. The number of nitrogen functional groups attached to an aromatic ring is 1. The molecule has 43 heavy (non-hydrogen) atoms.